The van der Waals surface area contributed by atoms with Crippen LogP contribution in [0.5, 0.6) is 0 Å². The SMILES string of the molecule is CCCNC(=O)NC(=O)CN1CCCC1C(=O)O. The van der Waals surface area contributed by atoms with E-state index in [4.69, 9.17) is 5.11 Å². The van der Waals surface area contributed by atoms with Crippen LogP contribution in [0.25, 0.3) is 0 Å². The van der Waals surface area contributed by atoms with Gasteiger partial charge in [-0.25, -0.2) is 4.79 Å². The molecule has 3 N–H and O–H groups in total. The van der Waals surface area contributed by atoms with Crippen molar-refractivity contribution in [2.45, 2.75) is 32.2 Å². The average Bonchev–Trinajstić information content (AvgIpc) is 2.74. The Balaban J connectivity index is 2.35. The summed E-state index contributed by atoms with van der Waals surface area (Å²) in [4.78, 5) is 35.2. The molecule has 0 radical (unpaired) electrons. The van der Waals surface area contributed by atoms with Crippen molar-refractivity contribution in [3.05, 3.63) is 0 Å². The van der Waals surface area contributed by atoms with Gasteiger partial charge in [-0.15, -0.1) is 0 Å². The van der Waals surface area contributed by atoms with Crippen LogP contribution in [0, 0.1) is 0 Å². The molecule has 1 rings (SSSR count). The summed E-state index contributed by atoms with van der Waals surface area (Å²) in [6.07, 6.45) is 2.09. The Bertz CT molecular complexity index is 332. The summed E-state index contributed by atoms with van der Waals surface area (Å²) in [5.74, 6) is -1.40. The van der Waals surface area contributed by atoms with Gasteiger partial charge in [0.25, 0.3) is 0 Å². The van der Waals surface area contributed by atoms with Crippen LogP contribution in [-0.2, 0) is 9.59 Å². The van der Waals surface area contributed by atoms with Gasteiger partial charge in [-0.2, -0.15) is 0 Å². The summed E-state index contributed by atoms with van der Waals surface area (Å²) >= 11 is 0. The van der Waals surface area contributed by atoms with Crippen LogP contribution in [0.1, 0.15) is 26.2 Å². The van der Waals surface area contributed by atoms with Gasteiger partial charge in [0, 0.05) is 6.54 Å². The van der Waals surface area contributed by atoms with Crippen molar-refractivity contribution in [3.63, 3.8) is 0 Å². The molecule has 1 saturated heterocycles. The molecule has 0 aliphatic carbocycles. The summed E-state index contributed by atoms with van der Waals surface area (Å²) < 4.78 is 0. The Morgan fingerprint density at radius 2 is 2.11 bits per heavy atom. The molecule has 102 valence electrons. The van der Waals surface area contributed by atoms with E-state index in [0.717, 1.165) is 12.8 Å². The van der Waals surface area contributed by atoms with Crippen LogP contribution >= 0.6 is 0 Å². The van der Waals surface area contributed by atoms with Crippen LogP contribution in [-0.4, -0.2) is 53.6 Å². The number of urea groups is 1. The minimum atomic E-state index is -0.921. The largest absolute Gasteiger partial charge is 0.480 e. The number of carbonyl (C=O) groups is 3. The van der Waals surface area contributed by atoms with Crippen LogP contribution < -0.4 is 10.6 Å². The zero-order chi connectivity index (χ0) is 13.5. The maximum absolute atomic E-state index is 11.5. The van der Waals surface area contributed by atoms with Crippen molar-refractivity contribution in [2.75, 3.05) is 19.6 Å². The van der Waals surface area contributed by atoms with Crippen molar-refractivity contribution >= 4 is 17.9 Å². The lowest BCUT2D eigenvalue weighted by Crippen LogP contribution is -2.47. The Kier molecular flexibility index (Phi) is 5.57. The monoisotopic (exact) mass is 257 g/mol. The number of aliphatic carboxylic acids is 1. The second-order valence-corrected chi connectivity index (χ2v) is 4.27. The molecular weight excluding hydrogens is 238 g/mol. The molecule has 1 unspecified atom stereocenters. The first-order valence-electron chi connectivity index (χ1n) is 6.09. The zero-order valence-corrected chi connectivity index (χ0v) is 10.4. The second-order valence-electron chi connectivity index (χ2n) is 4.27. The highest BCUT2D eigenvalue weighted by atomic mass is 16.4. The van der Waals surface area contributed by atoms with Gasteiger partial charge in [0.2, 0.25) is 5.91 Å². The second kappa shape index (κ2) is 6.95. The van der Waals surface area contributed by atoms with E-state index < -0.39 is 23.9 Å². The first-order chi connectivity index (χ1) is 8.54. The van der Waals surface area contributed by atoms with Crippen molar-refractivity contribution in [2.24, 2.45) is 0 Å². The Labute approximate surface area is 106 Å². The quantitative estimate of drug-likeness (QED) is 0.632. The highest BCUT2D eigenvalue weighted by Gasteiger charge is 2.31. The molecule has 0 aromatic rings. The lowest BCUT2D eigenvalue weighted by Gasteiger charge is -2.19. The number of carbonyl (C=O) groups excluding carboxylic acids is 2. The van der Waals surface area contributed by atoms with Gasteiger partial charge in [0.15, 0.2) is 0 Å². The number of imide groups is 1. The topological polar surface area (TPSA) is 98.7 Å². The lowest BCUT2D eigenvalue weighted by molar-refractivity contribution is -0.142. The lowest BCUT2D eigenvalue weighted by atomic mass is 10.2. The smallest absolute Gasteiger partial charge is 0.321 e. The third kappa shape index (κ3) is 4.33. The number of likely N-dealkylation sites (tertiary alicyclic amines) is 1. The van der Waals surface area contributed by atoms with Crippen LogP contribution in [0.15, 0.2) is 0 Å². The summed E-state index contributed by atoms with van der Waals surface area (Å²) in [5.41, 5.74) is 0. The summed E-state index contributed by atoms with van der Waals surface area (Å²) in [6, 6.07) is -1.15. The standard InChI is InChI=1S/C11H19N3O4/c1-2-5-12-11(18)13-9(15)7-14-6-3-4-8(14)10(16)17/h8H,2-7H2,1H3,(H,16,17)(H2,12,13,15,18). The Hall–Kier alpha value is -1.63. The first-order valence-corrected chi connectivity index (χ1v) is 6.09. The number of carboxylic acid groups (broad SMARTS) is 1. The van der Waals surface area contributed by atoms with Crippen molar-refractivity contribution < 1.29 is 19.5 Å². The molecule has 1 atom stereocenters. The van der Waals surface area contributed by atoms with E-state index >= 15 is 0 Å². The summed E-state index contributed by atoms with van der Waals surface area (Å²) in [6.45, 7) is 2.92. The predicted octanol–water partition coefficient (Wildman–Crippen LogP) is -0.229. The number of amides is 3. The van der Waals surface area contributed by atoms with Gasteiger partial charge in [0.1, 0.15) is 6.04 Å². The summed E-state index contributed by atoms with van der Waals surface area (Å²) in [7, 11) is 0. The summed E-state index contributed by atoms with van der Waals surface area (Å²) in [5, 5.41) is 13.6. The minimum Gasteiger partial charge on any atom is -0.480 e. The fourth-order valence-electron chi connectivity index (χ4n) is 1.93. The molecule has 18 heavy (non-hydrogen) atoms. The van der Waals surface area contributed by atoms with E-state index in [1.165, 1.54) is 0 Å². The third-order valence-electron chi connectivity index (χ3n) is 2.78. The normalized spacial score (nSPS) is 19.5. The van der Waals surface area contributed by atoms with E-state index in [1.807, 2.05) is 6.92 Å². The van der Waals surface area contributed by atoms with Gasteiger partial charge in [-0.3, -0.25) is 19.8 Å². The molecule has 0 saturated carbocycles. The van der Waals surface area contributed by atoms with Gasteiger partial charge >= 0.3 is 12.0 Å². The van der Waals surface area contributed by atoms with Crippen LogP contribution in [0.2, 0.25) is 0 Å². The zero-order valence-electron chi connectivity index (χ0n) is 10.4. The molecular formula is C11H19N3O4. The number of hydrogen-bond donors (Lipinski definition) is 3. The van der Waals surface area contributed by atoms with Crippen molar-refractivity contribution in [1.82, 2.24) is 15.5 Å². The molecule has 0 aromatic carbocycles. The Morgan fingerprint density at radius 3 is 2.72 bits per heavy atom. The van der Waals surface area contributed by atoms with Gasteiger partial charge in [0.05, 0.1) is 6.54 Å². The highest BCUT2D eigenvalue weighted by molar-refractivity contribution is 5.95. The van der Waals surface area contributed by atoms with Crippen molar-refractivity contribution in [1.29, 1.82) is 0 Å². The van der Waals surface area contributed by atoms with Crippen LogP contribution in [0.3, 0.4) is 0 Å². The molecule has 3 amide bonds. The molecule has 0 bridgehead atoms. The highest BCUT2D eigenvalue weighted by Crippen LogP contribution is 2.16. The fourth-order valence-corrected chi connectivity index (χ4v) is 1.93. The fraction of sp³-hybridized carbons (Fsp3) is 0.727. The van der Waals surface area contributed by atoms with E-state index in [1.54, 1.807) is 4.90 Å². The maximum Gasteiger partial charge on any atom is 0.321 e. The minimum absolute atomic E-state index is 0.0590. The van der Waals surface area contributed by atoms with E-state index in [9.17, 15) is 14.4 Å². The number of hydrogen-bond acceptors (Lipinski definition) is 4. The average molecular weight is 257 g/mol. The molecule has 1 aliphatic heterocycles. The number of nitrogens with one attached hydrogen (secondary N) is 2. The van der Waals surface area contributed by atoms with Gasteiger partial charge in [-0.05, 0) is 25.8 Å². The van der Waals surface area contributed by atoms with E-state index in [2.05, 4.69) is 10.6 Å². The van der Waals surface area contributed by atoms with Crippen LogP contribution in [0.4, 0.5) is 4.79 Å². The molecule has 7 heteroatoms. The number of rotatable bonds is 5. The van der Waals surface area contributed by atoms with Gasteiger partial charge in [-0.1, -0.05) is 6.92 Å². The predicted molar refractivity (Wildman–Crippen MR) is 64.1 cm³/mol. The third-order valence-corrected chi connectivity index (χ3v) is 2.78. The Morgan fingerprint density at radius 1 is 1.39 bits per heavy atom. The molecule has 0 aromatic heterocycles. The molecule has 0 spiro atoms. The van der Waals surface area contributed by atoms with E-state index in [-0.39, 0.29) is 6.54 Å². The molecule has 1 fully saturated rings. The van der Waals surface area contributed by atoms with Crippen molar-refractivity contribution in [3.8, 4) is 0 Å². The molecule has 1 heterocycles. The molecule has 1 aliphatic rings. The number of nitrogens with zero attached hydrogens (tertiary/aromatic N) is 1. The molecule has 7 nitrogen and oxygen atoms in total. The number of carboxylic acids is 1. The maximum atomic E-state index is 11.5. The first kappa shape index (κ1) is 14.4. The van der Waals surface area contributed by atoms with E-state index in [0.29, 0.717) is 19.5 Å². The van der Waals surface area contributed by atoms with Gasteiger partial charge < -0.3 is 10.4 Å².